The first-order chi connectivity index (χ1) is 10.1. The van der Waals surface area contributed by atoms with Gasteiger partial charge in [0.15, 0.2) is 0 Å². The van der Waals surface area contributed by atoms with Crippen molar-refractivity contribution in [2.75, 3.05) is 6.26 Å². The van der Waals surface area contributed by atoms with E-state index in [9.17, 15) is 9.00 Å². The molecule has 0 aliphatic rings. The lowest BCUT2D eigenvalue weighted by Crippen LogP contribution is -2.23. The number of hydrogen-bond acceptors (Lipinski definition) is 3. The smallest absolute Gasteiger partial charge is 0.269 e. The summed E-state index contributed by atoms with van der Waals surface area (Å²) in [4.78, 5) is 17.2. The number of amides is 1. The Morgan fingerprint density at radius 3 is 2.52 bits per heavy atom. The molecule has 2 aromatic rings. The van der Waals surface area contributed by atoms with Crippen LogP contribution in [-0.2, 0) is 28.0 Å². The average molecular weight is 303 g/mol. The third-order valence-corrected chi connectivity index (χ3v) is 3.55. The monoisotopic (exact) mass is 303 g/mol. The van der Waals surface area contributed by atoms with Gasteiger partial charge in [0.2, 0.25) is 0 Å². The van der Waals surface area contributed by atoms with Crippen molar-refractivity contribution in [2.45, 2.75) is 12.4 Å². The zero-order valence-electron chi connectivity index (χ0n) is 11.7. The summed E-state index contributed by atoms with van der Waals surface area (Å²) in [6.45, 7) is 0.311. The maximum Gasteiger partial charge on any atom is 0.274 e. The summed E-state index contributed by atoms with van der Waals surface area (Å²) in [5, 5.41) is 0. The van der Waals surface area contributed by atoms with E-state index in [0.717, 1.165) is 11.1 Å². The Balaban J connectivity index is 1.89. The molecule has 0 heterocycles. The molecule has 0 aliphatic heterocycles. The van der Waals surface area contributed by atoms with E-state index in [-0.39, 0.29) is 5.91 Å². The zero-order chi connectivity index (χ0) is 15.1. The van der Waals surface area contributed by atoms with Crippen LogP contribution < -0.4 is 5.48 Å². The Bertz CT molecular complexity index is 628. The van der Waals surface area contributed by atoms with E-state index in [1.165, 1.54) is 0 Å². The van der Waals surface area contributed by atoms with Gasteiger partial charge >= 0.3 is 0 Å². The molecule has 0 saturated heterocycles. The number of hydroxylamine groups is 1. The molecule has 4 nitrogen and oxygen atoms in total. The van der Waals surface area contributed by atoms with Crippen molar-refractivity contribution >= 4 is 16.7 Å². The lowest BCUT2D eigenvalue weighted by atomic mass is 10.1. The fourth-order valence-corrected chi connectivity index (χ4v) is 2.50. The first kappa shape index (κ1) is 15.4. The van der Waals surface area contributed by atoms with E-state index in [0.29, 0.717) is 17.9 Å². The van der Waals surface area contributed by atoms with Gasteiger partial charge < -0.3 is 0 Å². The highest BCUT2D eigenvalue weighted by Crippen LogP contribution is 2.08. The molecule has 1 amide bonds. The quantitative estimate of drug-likeness (QED) is 0.834. The minimum Gasteiger partial charge on any atom is -0.269 e. The number of benzene rings is 2. The average Bonchev–Trinajstić information content (AvgIpc) is 2.48. The lowest BCUT2D eigenvalue weighted by molar-refractivity contribution is 0.0233. The molecule has 1 N–H and O–H groups in total. The van der Waals surface area contributed by atoms with Crippen molar-refractivity contribution < 1.29 is 13.8 Å². The highest BCUT2D eigenvalue weighted by Gasteiger charge is 2.07. The molecule has 2 rings (SSSR count). The molecular formula is C16H17NO3S. The number of carbonyl (C=O) groups excluding carboxylic acids is 1. The molecule has 110 valence electrons. The first-order valence-corrected chi connectivity index (χ1v) is 8.23. The Hall–Kier alpha value is -1.98. The number of hydrogen-bond donors (Lipinski definition) is 1. The molecular weight excluding hydrogens is 286 g/mol. The summed E-state index contributed by atoms with van der Waals surface area (Å²) in [7, 11) is -0.931. The van der Waals surface area contributed by atoms with E-state index >= 15 is 0 Å². The molecule has 5 heteroatoms. The van der Waals surface area contributed by atoms with Crippen LogP contribution in [0.25, 0.3) is 0 Å². The van der Waals surface area contributed by atoms with Gasteiger partial charge in [-0.25, -0.2) is 5.48 Å². The third-order valence-electron chi connectivity index (χ3n) is 2.81. The van der Waals surface area contributed by atoms with E-state index in [1.54, 1.807) is 24.5 Å². The summed E-state index contributed by atoms with van der Waals surface area (Å²) in [5.41, 5.74) is 4.75. The van der Waals surface area contributed by atoms with Gasteiger partial charge in [-0.15, -0.1) is 0 Å². The molecule has 0 spiro atoms. The summed E-state index contributed by atoms with van der Waals surface area (Å²) < 4.78 is 11.2. The second-order valence-electron chi connectivity index (χ2n) is 4.62. The van der Waals surface area contributed by atoms with Gasteiger partial charge in [0.05, 0.1) is 6.61 Å². The second-order valence-corrected chi connectivity index (χ2v) is 6.06. The topological polar surface area (TPSA) is 55.4 Å². The van der Waals surface area contributed by atoms with Crippen molar-refractivity contribution in [2.24, 2.45) is 0 Å². The minimum absolute atomic E-state index is 0.310. The normalized spacial score (nSPS) is 11.9. The summed E-state index contributed by atoms with van der Waals surface area (Å²) in [5.74, 6) is 0.126. The molecule has 0 radical (unpaired) electrons. The van der Waals surface area contributed by atoms with Gasteiger partial charge in [-0.2, -0.15) is 0 Å². The summed E-state index contributed by atoms with van der Waals surface area (Å²) in [6, 6.07) is 16.6. The van der Waals surface area contributed by atoms with Crippen LogP contribution in [0.3, 0.4) is 0 Å². The van der Waals surface area contributed by atoms with Gasteiger partial charge in [-0.3, -0.25) is 13.8 Å². The molecule has 0 unspecified atom stereocenters. The second kappa shape index (κ2) is 7.71. The van der Waals surface area contributed by atoms with Gasteiger partial charge in [-0.1, -0.05) is 42.5 Å². The molecule has 2 aromatic carbocycles. The molecule has 0 fully saturated rings. The predicted octanol–water partition coefficient (Wildman–Crippen LogP) is 2.43. The number of rotatable bonds is 6. The highest BCUT2D eigenvalue weighted by atomic mass is 32.2. The van der Waals surface area contributed by atoms with Crippen LogP contribution in [0.15, 0.2) is 54.6 Å². The maximum atomic E-state index is 12.0. The molecule has 0 aromatic heterocycles. The van der Waals surface area contributed by atoms with Gasteiger partial charge in [0, 0.05) is 28.4 Å². The van der Waals surface area contributed by atoms with Crippen molar-refractivity contribution in [1.82, 2.24) is 5.48 Å². The molecule has 1 atom stereocenters. The molecule has 0 bridgehead atoms. The van der Waals surface area contributed by atoms with Crippen molar-refractivity contribution in [3.63, 3.8) is 0 Å². The van der Waals surface area contributed by atoms with E-state index in [1.807, 2.05) is 36.4 Å². The van der Waals surface area contributed by atoms with E-state index < -0.39 is 10.8 Å². The Labute approximate surface area is 126 Å². The van der Waals surface area contributed by atoms with Crippen LogP contribution in [0.4, 0.5) is 0 Å². The van der Waals surface area contributed by atoms with Crippen molar-refractivity contribution in [3.8, 4) is 0 Å². The zero-order valence-corrected chi connectivity index (χ0v) is 12.6. The van der Waals surface area contributed by atoms with Crippen LogP contribution in [0, 0.1) is 0 Å². The van der Waals surface area contributed by atoms with E-state index in [4.69, 9.17) is 4.84 Å². The molecule has 0 saturated carbocycles. The Morgan fingerprint density at radius 2 is 1.81 bits per heavy atom. The first-order valence-electron chi connectivity index (χ1n) is 6.50. The van der Waals surface area contributed by atoms with Crippen LogP contribution in [0.2, 0.25) is 0 Å². The minimum atomic E-state index is -0.931. The fourth-order valence-electron chi connectivity index (χ4n) is 1.86. The van der Waals surface area contributed by atoms with Gasteiger partial charge in [0.1, 0.15) is 0 Å². The number of carbonyl (C=O) groups is 1. The van der Waals surface area contributed by atoms with Crippen LogP contribution in [0.1, 0.15) is 21.5 Å². The Morgan fingerprint density at radius 1 is 1.10 bits per heavy atom. The fraction of sp³-hybridized carbons (Fsp3) is 0.188. The lowest BCUT2D eigenvalue weighted by Gasteiger charge is -2.07. The number of nitrogens with one attached hydrogen (secondary N) is 1. The van der Waals surface area contributed by atoms with Gasteiger partial charge in [0.25, 0.3) is 5.91 Å². The molecule has 0 aliphatic carbocycles. The van der Waals surface area contributed by atoms with Gasteiger partial charge in [-0.05, 0) is 23.3 Å². The molecule has 21 heavy (non-hydrogen) atoms. The standard InChI is InChI=1S/C16H17NO3S/c1-21(19)12-14-8-5-9-15(10-14)16(18)17-20-11-13-6-3-2-4-7-13/h2-10H,11-12H2,1H3,(H,17,18)/t21-/m1/s1. The SMILES string of the molecule is C[S@@](=O)Cc1cccc(C(=O)NOCc2ccccc2)c1. The third kappa shape index (κ3) is 5.13. The van der Waals surface area contributed by atoms with Crippen molar-refractivity contribution in [3.05, 3.63) is 71.3 Å². The Kier molecular flexibility index (Phi) is 5.66. The van der Waals surface area contributed by atoms with Crippen LogP contribution in [-0.4, -0.2) is 16.4 Å². The van der Waals surface area contributed by atoms with Crippen LogP contribution >= 0.6 is 0 Å². The maximum absolute atomic E-state index is 12.0. The highest BCUT2D eigenvalue weighted by molar-refractivity contribution is 7.83. The largest absolute Gasteiger partial charge is 0.274 e. The van der Waals surface area contributed by atoms with E-state index in [2.05, 4.69) is 5.48 Å². The summed E-state index contributed by atoms with van der Waals surface area (Å²) in [6.07, 6.45) is 1.63. The predicted molar refractivity (Wildman–Crippen MR) is 82.9 cm³/mol. The van der Waals surface area contributed by atoms with Crippen LogP contribution in [0.5, 0.6) is 0 Å². The summed E-state index contributed by atoms with van der Waals surface area (Å²) >= 11 is 0. The van der Waals surface area contributed by atoms with Crippen molar-refractivity contribution in [1.29, 1.82) is 0 Å².